The Morgan fingerprint density at radius 2 is 1.77 bits per heavy atom. The number of likely N-dealkylation sites (N-methyl/N-ethyl adjacent to an activating group) is 1. The molecular formula is C21H23N3O2. The molecular weight excluding hydrogens is 326 g/mol. The van der Waals surface area contributed by atoms with Gasteiger partial charge >= 0.3 is 0 Å². The topological polar surface area (TPSA) is 66.6 Å². The average Bonchev–Trinajstić information content (AvgIpc) is 2.94. The molecule has 2 N–H and O–H groups in total. The highest BCUT2D eigenvalue weighted by Gasteiger charge is 2.44. The largest absolute Gasteiger partial charge is 0.366 e. The van der Waals surface area contributed by atoms with Crippen LogP contribution >= 0.6 is 0 Å². The lowest BCUT2D eigenvalue weighted by atomic mass is 9.88. The van der Waals surface area contributed by atoms with Crippen LogP contribution in [-0.2, 0) is 0 Å². The van der Waals surface area contributed by atoms with Gasteiger partial charge in [-0.1, -0.05) is 17.7 Å². The molecule has 0 radical (unpaired) electrons. The van der Waals surface area contributed by atoms with Crippen molar-refractivity contribution in [2.24, 2.45) is 5.73 Å². The molecule has 1 fully saturated rings. The van der Waals surface area contributed by atoms with E-state index in [1.165, 1.54) is 11.1 Å². The van der Waals surface area contributed by atoms with E-state index in [1.54, 1.807) is 24.3 Å². The second-order valence-corrected chi connectivity index (χ2v) is 7.40. The van der Waals surface area contributed by atoms with E-state index in [1.807, 2.05) is 4.90 Å². The molecule has 1 saturated heterocycles. The molecule has 0 saturated carbocycles. The fourth-order valence-corrected chi connectivity index (χ4v) is 4.26. The van der Waals surface area contributed by atoms with Crippen molar-refractivity contribution in [2.75, 3.05) is 25.0 Å². The molecule has 2 aliphatic rings. The third-order valence-electron chi connectivity index (χ3n) is 5.59. The highest BCUT2D eigenvalue weighted by Crippen LogP contribution is 2.45. The maximum atomic E-state index is 13.3. The molecule has 2 atom stereocenters. The van der Waals surface area contributed by atoms with Crippen molar-refractivity contribution >= 4 is 17.5 Å². The molecule has 2 aromatic rings. The van der Waals surface area contributed by atoms with Crippen LogP contribution in [0.3, 0.4) is 0 Å². The Morgan fingerprint density at radius 3 is 2.46 bits per heavy atom. The van der Waals surface area contributed by atoms with E-state index in [2.05, 4.69) is 37.1 Å². The summed E-state index contributed by atoms with van der Waals surface area (Å²) in [6.07, 6.45) is 0.958. The minimum atomic E-state index is -0.485. The summed E-state index contributed by atoms with van der Waals surface area (Å²) in [5, 5.41) is 0. The Balaban J connectivity index is 1.73. The molecule has 4 rings (SSSR count). The molecule has 0 unspecified atom stereocenters. The first kappa shape index (κ1) is 16.8. The monoisotopic (exact) mass is 349 g/mol. The summed E-state index contributed by atoms with van der Waals surface area (Å²) in [4.78, 5) is 28.9. The summed E-state index contributed by atoms with van der Waals surface area (Å²) in [7, 11) is 2.14. The normalized spacial score (nSPS) is 22.0. The summed E-state index contributed by atoms with van der Waals surface area (Å²) in [6, 6.07) is 13.2. The van der Waals surface area contributed by atoms with Gasteiger partial charge in [0.05, 0.1) is 0 Å². The van der Waals surface area contributed by atoms with Gasteiger partial charge < -0.3 is 15.5 Å². The molecule has 2 aromatic carbocycles. The summed E-state index contributed by atoms with van der Waals surface area (Å²) >= 11 is 0. The number of fused-ring (bicyclic) bond motifs is 3. The molecule has 26 heavy (non-hydrogen) atoms. The van der Waals surface area contributed by atoms with E-state index < -0.39 is 5.91 Å². The highest BCUT2D eigenvalue weighted by atomic mass is 16.2. The zero-order chi connectivity index (χ0) is 18.4. The van der Waals surface area contributed by atoms with Gasteiger partial charge in [0.2, 0.25) is 5.91 Å². The molecule has 2 amide bonds. The van der Waals surface area contributed by atoms with E-state index in [0.717, 1.165) is 25.2 Å². The van der Waals surface area contributed by atoms with Gasteiger partial charge in [-0.05, 0) is 62.8 Å². The molecule has 0 aliphatic carbocycles. The number of primary amides is 1. The third kappa shape index (κ3) is 2.69. The van der Waals surface area contributed by atoms with Crippen molar-refractivity contribution in [2.45, 2.75) is 25.3 Å². The van der Waals surface area contributed by atoms with Gasteiger partial charge in [-0.3, -0.25) is 9.59 Å². The number of anilines is 1. The number of rotatable bonds is 2. The SMILES string of the molecule is Cc1ccc2c(c1)[C@H]1CN(C)CC[C@H]1N2C(=O)c1ccc(C(N)=O)cc1. The fourth-order valence-electron chi connectivity index (χ4n) is 4.26. The number of amides is 2. The van der Waals surface area contributed by atoms with E-state index in [4.69, 9.17) is 5.73 Å². The van der Waals surface area contributed by atoms with E-state index >= 15 is 0 Å². The number of likely N-dealkylation sites (tertiary alicyclic amines) is 1. The van der Waals surface area contributed by atoms with Crippen LogP contribution in [0.1, 0.15) is 44.2 Å². The first-order chi connectivity index (χ1) is 12.5. The smallest absolute Gasteiger partial charge is 0.258 e. The molecule has 0 spiro atoms. The zero-order valence-corrected chi connectivity index (χ0v) is 15.1. The van der Waals surface area contributed by atoms with Crippen LogP contribution in [0.15, 0.2) is 42.5 Å². The lowest BCUT2D eigenvalue weighted by Crippen LogP contribution is -2.47. The van der Waals surface area contributed by atoms with Gasteiger partial charge in [0.15, 0.2) is 0 Å². The summed E-state index contributed by atoms with van der Waals surface area (Å²) in [5.74, 6) is -0.151. The van der Waals surface area contributed by atoms with E-state index in [0.29, 0.717) is 17.0 Å². The number of carbonyl (C=O) groups is 2. The summed E-state index contributed by atoms with van der Waals surface area (Å²) in [5.41, 5.74) is 9.80. The first-order valence-electron chi connectivity index (χ1n) is 8.98. The number of piperidine rings is 1. The molecule has 2 aliphatic heterocycles. The van der Waals surface area contributed by atoms with Crippen molar-refractivity contribution < 1.29 is 9.59 Å². The molecule has 5 nitrogen and oxygen atoms in total. The quantitative estimate of drug-likeness (QED) is 0.906. The Labute approximate surface area is 153 Å². The molecule has 0 bridgehead atoms. The van der Waals surface area contributed by atoms with Crippen LogP contribution in [0.4, 0.5) is 5.69 Å². The molecule has 134 valence electrons. The number of benzene rings is 2. The van der Waals surface area contributed by atoms with Crippen LogP contribution in [-0.4, -0.2) is 42.9 Å². The predicted molar refractivity (Wildman–Crippen MR) is 102 cm³/mol. The van der Waals surface area contributed by atoms with Gasteiger partial charge in [0.25, 0.3) is 5.91 Å². The molecule has 5 heteroatoms. The second kappa shape index (κ2) is 6.25. The fraction of sp³-hybridized carbons (Fsp3) is 0.333. The third-order valence-corrected chi connectivity index (χ3v) is 5.59. The maximum Gasteiger partial charge on any atom is 0.258 e. The summed E-state index contributed by atoms with van der Waals surface area (Å²) < 4.78 is 0. The Hall–Kier alpha value is -2.66. The van der Waals surface area contributed by atoms with Gasteiger partial charge in [0.1, 0.15) is 0 Å². The number of carbonyl (C=O) groups excluding carboxylic acids is 2. The highest BCUT2D eigenvalue weighted by molar-refractivity contribution is 6.08. The Bertz CT molecular complexity index is 875. The molecule has 2 heterocycles. The minimum absolute atomic E-state index is 0.0109. The summed E-state index contributed by atoms with van der Waals surface area (Å²) in [6.45, 7) is 4.04. The maximum absolute atomic E-state index is 13.3. The van der Waals surface area contributed by atoms with E-state index in [-0.39, 0.29) is 11.9 Å². The standard InChI is InChI=1S/C21H23N3O2/c1-13-3-8-18-16(11-13)17-12-23(2)10-9-19(17)24(18)21(26)15-6-4-14(5-7-15)20(22)25/h3-8,11,17,19H,9-10,12H2,1-2H3,(H2,22,25)/t17-,19-/m1/s1. The lowest BCUT2D eigenvalue weighted by Gasteiger charge is -2.36. The number of hydrogen-bond donors (Lipinski definition) is 1. The van der Waals surface area contributed by atoms with Gasteiger partial charge in [0, 0.05) is 35.3 Å². The van der Waals surface area contributed by atoms with Crippen LogP contribution in [0, 0.1) is 6.92 Å². The van der Waals surface area contributed by atoms with Crippen molar-refractivity contribution in [3.63, 3.8) is 0 Å². The number of nitrogens with zero attached hydrogens (tertiary/aromatic N) is 2. The van der Waals surface area contributed by atoms with Gasteiger partial charge in [-0.2, -0.15) is 0 Å². The van der Waals surface area contributed by atoms with Crippen LogP contribution in [0.2, 0.25) is 0 Å². The van der Waals surface area contributed by atoms with Crippen molar-refractivity contribution in [1.82, 2.24) is 4.90 Å². The minimum Gasteiger partial charge on any atom is -0.366 e. The van der Waals surface area contributed by atoms with Gasteiger partial charge in [-0.25, -0.2) is 0 Å². The van der Waals surface area contributed by atoms with Crippen molar-refractivity contribution in [3.05, 3.63) is 64.7 Å². The average molecular weight is 349 g/mol. The van der Waals surface area contributed by atoms with Crippen LogP contribution in [0.25, 0.3) is 0 Å². The number of nitrogens with two attached hydrogens (primary N) is 1. The van der Waals surface area contributed by atoms with E-state index in [9.17, 15) is 9.59 Å². The first-order valence-corrected chi connectivity index (χ1v) is 8.98. The number of aryl methyl sites for hydroxylation is 1. The zero-order valence-electron chi connectivity index (χ0n) is 15.1. The van der Waals surface area contributed by atoms with Crippen LogP contribution in [0.5, 0.6) is 0 Å². The van der Waals surface area contributed by atoms with Crippen LogP contribution < -0.4 is 10.6 Å². The lowest BCUT2D eigenvalue weighted by molar-refractivity contribution is 0.0961. The van der Waals surface area contributed by atoms with Crippen molar-refractivity contribution in [1.29, 1.82) is 0 Å². The van der Waals surface area contributed by atoms with Crippen molar-refractivity contribution in [3.8, 4) is 0 Å². The Morgan fingerprint density at radius 1 is 1.08 bits per heavy atom. The number of hydrogen-bond acceptors (Lipinski definition) is 3. The molecule has 0 aromatic heterocycles. The van der Waals surface area contributed by atoms with Gasteiger partial charge in [-0.15, -0.1) is 0 Å². The Kier molecular flexibility index (Phi) is 4.04. The predicted octanol–water partition coefficient (Wildman–Crippen LogP) is 2.54. The second-order valence-electron chi connectivity index (χ2n) is 7.40.